The summed E-state index contributed by atoms with van der Waals surface area (Å²) < 4.78 is 1.86. The molecule has 2 fully saturated rings. The number of benzene rings is 1. The maximum absolute atomic E-state index is 12.7. The Labute approximate surface area is 227 Å². The van der Waals surface area contributed by atoms with Crippen molar-refractivity contribution in [2.75, 3.05) is 11.1 Å². The molecule has 0 radical (unpaired) electrons. The van der Waals surface area contributed by atoms with Gasteiger partial charge in [0.1, 0.15) is 11.4 Å². The normalized spacial score (nSPS) is 25.1. The number of carboxylic acids is 1. The molecule has 3 aliphatic rings. The molecule has 9 nitrogen and oxygen atoms in total. The number of carboxylic acid groups (broad SMARTS) is 1. The van der Waals surface area contributed by atoms with E-state index in [2.05, 4.69) is 10.3 Å². The van der Waals surface area contributed by atoms with Gasteiger partial charge in [0.05, 0.1) is 28.3 Å². The third-order valence-corrected chi connectivity index (χ3v) is 10.0. The standard InChI is InChI=1S/C27H26N4O5S2/c1-13(32)20-22-16-6-4-5-14(21(16)23(26(35)36)31(22)25(20)34)12-37-27-30-18-11-15(8-9-19(18)38-27)29-24(33)17-7-2-3-10-28-17/h2-3,7-11,13-14,16,20,22,32H,4-6,12H2,1H3,(H,29,33)(H,35,36)/t13-,14+,16+,20-,22-/m1/s1. The second kappa shape index (κ2) is 9.79. The smallest absolute Gasteiger partial charge is 0.352 e. The molecule has 0 unspecified atom stereocenters. The van der Waals surface area contributed by atoms with Gasteiger partial charge in [0.2, 0.25) is 5.91 Å². The summed E-state index contributed by atoms with van der Waals surface area (Å²) in [5, 5.41) is 23.0. The lowest BCUT2D eigenvalue weighted by Gasteiger charge is -2.47. The lowest BCUT2D eigenvalue weighted by Crippen LogP contribution is -2.64. The molecule has 3 aromatic rings. The number of aliphatic hydroxyl groups excluding tert-OH is 1. The highest BCUT2D eigenvalue weighted by Crippen LogP contribution is 2.54. The molecular weight excluding hydrogens is 524 g/mol. The van der Waals surface area contributed by atoms with Gasteiger partial charge in [-0.3, -0.25) is 14.6 Å². The Morgan fingerprint density at radius 3 is 2.84 bits per heavy atom. The first-order valence-corrected chi connectivity index (χ1v) is 14.4. The van der Waals surface area contributed by atoms with E-state index in [0.717, 1.165) is 39.4 Å². The number of carbonyl (C=O) groups excluding carboxylic acids is 2. The average molecular weight is 551 g/mol. The molecule has 1 aromatic carbocycles. The topological polar surface area (TPSA) is 133 Å². The number of fused-ring (bicyclic) bond motifs is 4. The van der Waals surface area contributed by atoms with Gasteiger partial charge in [-0.2, -0.15) is 0 Å². The number of aromatic nitrogens is 2. The molecule has 5 atom stereocenters. The summed E-state index contributed by atoms with van der Waals surface area (Å²) in [4.78, 5) is 47.7. The molecule has 0 bridgehead atoms. The molecule has 0 spiro atoms. The molecule has 3 N–H and O–H groups in total. The number of rotatable bonds is 7. The van der Waals surface area contributed by atoms with E-state index >= 15 is 0 Å². The van der Waals surface area contributed by atoms with Crippen molar-refractivity contribution >= 4 is 56.8 Å². The minimum absolute atomic E-state index is 0.0154. The van der Waals surface area contributed by atoms with Gasteiger partial charge in [0, 0.05) is 23.6 Å². The van der Waals surface area contributed by atoms with E-state index in [9.17, 15) is 24.6 Å². The fourth-order valence-electron chi connectivity index (χ4n) is 6.08. The Bertz CT molecular complexity index is 1470. The fourth-order valence-corrected chi connectivity index (χ4v) is 8.32. The minimum Gasteiger partial charge on any atom is -0.477 e. The number of nitrogens with one attached hydrogen (secondary N) is 1. The highest BCUT2D eigenvalue weighted by Gasteiger charge is 2.62. The van der Waals surface area contributed by atoms with E-state index in [1.807, 2.05) is 18.2 Å². The number of hydrogen-bond donors (Lipinski definition) is 3. The number of nitrogens with zero attached hydrogens (tertiary/aromatic N) is 3. The van der Waals surface area contributed by atoms with Crippen molar-refractivity contribution in [2.45, 2.75) is 42.7 Å². The van der Waals surface area contributed by atoms with E-state index in [1.54, 1.807) is 54.4 Å². The van der Waals surface area contributed by atoms with Crippen molar-refractivity contribution in [3.63, 3.8) is 0 Å². The Balaban J connectivity index is 1.19. The molecule has 1 aliphatic carbocycles. The molecule has 11 heteroatoms. The van der Waals surface area contributed by atoms with Crippen molar-refractivity contribution in [3.8, 4) is 0 Å². The summed E-state index contributed by atoms with van der Waals surface area (Å²) >= 11 is 3.15. The van der Waals surface area contributed by atoms with Crippen molar-refractivity contribution in [1.82, 2.24) is 14.9 Å². The van der Waals surface area contributed by atoms with E-state index in [-0.39, 0.29) is 35.4 Å². The van der Waals surface area contributed by atoms with Gasteiger partial charge < -0.3 is 20.4 Å². The summed E-state index contributed by atoms with van der Waals surface area (Å²) in [7, 11) is 0. The maximum Gasteiger partial charge on any atom is 0.352 e. The number of carbonyl (C=O) groups is 3. The van der Waals surface area contributed by atoms with Gasteiger partial charge in [-0.05, 0) is 61.6 Å². The van der Waals surface area contributed by atoms with Crippen LogP contribution in [-0.4, -0.2) is 60.8 Å². The number of thioether (sulfide) groups is 1. The quantitative estimate of drug-likeness (QED) is 0.297. The van der Waals surface area contributed by atoms with Gasteiger partial charge in [0.15, 0.2) is 4.34 Å². The molecule has 2 aromatic heterocycles. The fraction of sp³-hybridized carbons (Fsp3) is 0.370. The van der Waals surface area contributed by atoms with E-state index in [4.69, 9.17) is 4.98 Å². The van der Waals surface area contributed by atoms with Crippen LogP contribution in [0.3, 0.4) is 0 Å². The second-order valence-electron chi connectivity index (χ2n) is 9.95. The number of β-lactam (4-membered cyclic amide) rings is 1. The summed E-state index contributed by atoms with van der Waals surface area (Å²) in [5.41, 5.74) is 2.73. The highest BCUT2D eigenvalue weighted by atomic mass is 32.2. The van der Waals surface area contributed by atoms with Gasteiger partial charge in [-0.1, -0.05) is 24.2 Å². The number of thiazole rings is 1. The van der Waals surface area contributed by atoms with E-state index in [0.29, 0.717) is 17.1 Å². The number of amides is 2. The molecule has 196 valence electrons. The minimum atomic E-state index is -1.07. The van der Waals surface area contributed by atoms with Crippen LogP contribution in [0.15, 0.2) is 58.2 Å². The van der Waals surface area contributed by atoms with Crippen molar-refractivity contribution in [1.29, 1.82) is 0 Å². The summed E-state index contributed by atoms with van der Waals surface area (Å²) in [5.74, 6) is -1.50. The number of hydrogen-bond acceptors (Lipinski definition) is 8. The van der Waals surface area contributed by atoms with E-state index < -0.39 is 18.0 Å². The van der Waals surface area contributed by atoms with Gasteiger partial charge >= 0.3 is 5.97 Å². The van der Waals surface area contributed by atoms with Crippen LogP contribution in [0, 0.1) is 17.8 Å². The van der Waals surface area contributed by atoms with E-state index in [1.165, 1.54) is 4.90 Å². The van der Waals surface area contributed by atoms with Crippen LogP contribution in [0.2, 0.25) is 0 Å². The first kappa shape index (κ1) is 25.0. The third kappa shape index (κ3) is 4.18. The number of anilines is 1. The average Bonchev–Trinajstić information content (AvgIpc) is 3.44. The Morgan fingerprint density at radius 2 is 2.11 bits per heavy atom. The first-order chi connectivity index (χ1) is 18.3. The largest absolute Gasteiger partial charge is 0.477 e. The monoisotopic (exact) mass is 550 g/mol. The van der Waals surface area contributed by atoms with Crippen LogP contribution in [0.25, 0.3) is 10.2 Å². The van der Waals surface area contributed by atoms with Crippen LogP contribution in [-0.2, 0) is 9.59 Å². The zero-order valence-corrected chi connectivity index (χ0v) is 22.2. The summed E-state index contributed by atoms with van der Waals surface area (Å²) in [6.07, 6.45) is 3.42. The van der Waals surface area contributed by atoms with Crippen LogP contribution >= 0.6 is 23.1 Å². The van der Waals surface area contributed by atoms with Crippen LogP contribution in [0.1, 0.15) is 36.7 Å². The van der Waals surface area contributed by atoms with Crippen LogP contribution < -0.4 is 5.32 Å². The lowest BCUT2D eigenvalue weighted by molar-refractivity contribution is -0.163. The Morgan fingerprint density at radius 1 is 1.26 bits per heavy atom. The predicted molar refractivity (Wildman–Crippen MR) is 144 cm³/mol. The molecule has 6 rings (SSSR count). The van der Waals surface area contributed by atoms with Crippen molar-refractivity contribution < 1.29 is 24.6 Å². The summed E-state index contributed by atoms with van der Waals surface area (Å²) in [6, 6.07) is 10.5. The molecule has 2 amide bonds. The SMILES string of the molecule is C[C@@H](O)[C@H]1C(=O)N2C(C(=O)O)=C3[C@H](CSc4nc5cc(NC(=O)c6ccccn6)ccc5s4)CCC[C@@H]3[C@H]12. The summed E-state index contributed by atoms with van der Waals surface area (Å²) in [6.45, 7) is 1.61. The third-order valence-electron chi connectivity index (χ3n) is 7.68. The molecule has 1 saturated carbocycles. The first-order valence-electron chi connectivity index (χ1n) is 12.6. The number of pyridine rings is 1. The predicted octanol–water partition coefficient (Wildman–Crippen LogP) is 4.01. The van der Waals surface area contributed by atoms with Crippen molar-refractivity contribution in [2.24, 2.45) is 17.8 Å². The number of aliphatic carboxylic acids is 1. The molecule has 4 heterocycles. The van der Waals surface area contributed by atoms with Crippen LogP contribution in [0.5, 0.6) is 0 Å². The maximum atomic E-state index is 12.7. The second-order valence-corrected chi connectivity index (χ2v) is 12.2. The molecule has 2 aliphatic heterocycles. The zero-order chi connectivity index (χ0) is 26.6. The Kier molecular flexibility index (Phi) is 6.45. The van der Waals surface area contributed by atoms with Gasteiger partial charge in [-0.25, -0.2) is 9.78 Å². The zero-order valence-electron chi connectivity index (χ0n) is 20.5. The van der Waals surface area contributed by atoms with Gasteiger partial charge in [-0.15, -0.1) is 11.3 Å². The Hall–Kier alpha value is -3.28. The highest BCUT2D eigenvalue weighted by molar-refractivity contribution is 8.01. The van der Waals surface area contributed by atoms with Crippen LogP contribution in [0.4, 0.5) is 5.69 Å². The molecular formula is C27H26N4O5S2. The lowest BCUT2D eigenvalue weighted by atomic mass is 9.70. The molecule has 1 saturated heterocycles. The molecule has 38 heavy (non-hydrogen) atoms. The van der Waals surface area contributed by atoms with Crippen molar-refractivity contribution in [3.05, 3.63) is 59.6 Å². The number of aliphatic hydroxyl groups is 1. The van der Waals surface area contributed by atoms with Gasteiger partial charge in [0.25, 0.3) is 5.91 Å².